The molecule has 0 fully saturated rings. The summed E-state index contributed by atoms with van der Waals surface area (Å²) in [6, 6.07) is 6.70. The SMILES string of the molecule is CC(C)(C)c1cc(NC(=O)C(C)(C)S(=O)(=O)Cc2ccc(F)cc2)on1. The van der Waals surface area contributed by atoms with E-state index in [1.54, 1.807) is 6.07 Å². The Labute approximate surface area is 152 Å². The Morgan fingerprint density at radius 2 is 1.73 bits per heavy atom. The average Bonchev–Trinajstić information content (AvgIpc) is 2.98. The molecule has 8 heteroatoms. The van der Waals surface area contributed by atoms with Gasteiger partial charge in [0.15, 0.2) is 9.84 Å². The third-order valence-corrected chi connectivity index (χ3v) is 6.56. The number of anilines is 1. The van der Waals surface area contributed by atoms with Gasteiger partial charge in [-0.05, 0) is 31.5 Å². The highest BCUT2D eigenvalue weighted by molar-refractivity contribution is 7.92. The molecule has 0 spiro atoms. The molecule has 0 saturated heterocycles. The zero-order chi connectivity index (χ0) is 19.8. The number of carbonyl (C=O) groups is 1. The molecule has 0 unspecified atom stereocenters. The van der Waals surface area contributed by atoms with Crippen molar-refractivity contribution in [3.8, 4) is 0 Å². The molecule has 142 valence electrons. The summed E-state index contributed by atoms with van der Waals surface area (Å²) in [6.07, 6.45) is 0. The molecule has 0 atom stereocenters. The number of hydrogen-bond acceptors (Lipinski definition) is 5. The molecule has 0 radical (unpaired) electrons. The third kappa shape index (κ3) is 4.30. The summed E-state index contributed by atoms with van der Waals surface area (Å²) in [5, 5.41) is 6.35. The van der Waals surface area contributed by atoms with Crippen LogP contribution in [0.2, 0.25) is 0 Å². The van der Waals surface area contributed by atoms with E-state index in [0.29, 0.717) is 11.3 Å². The van der Waals surface area contributed by atoms with E-state index in [1.807, 2.05) is 20.8 Å². The molecule has 6 nitrogen and oxygen atoms in total. The normalized spacial score (nSPS) is 12.8. The Morgan fingerprint density at radius 1 is 1.15 bits per heavy atom. The maximum atomic E-state index is 13.0. The van der Waals surface area contributed by atoms with Crippen molar-refractivity contribution < 1.29 is 22.1 Å². The van der Waals surface area contributed by atoms with Crippen molar-refractivity contribution in [1.29, 1.82) is 0 Å². The van der Waals surface area contributed by atoms with Crippen LogP contribution in [0.15, 0.2) is 34.9 Å². The largest absolute Gasteiger partial charge is 0.338 e. The van der Waals surface area contributed by atoms with E-state index in [-0.39, 0.29) is 17.1 Å². The van der Waals surface area contributed by atoms with Crippen molar-refractivity contribution >= 4 is 21.6 Å². The van der Waals surface area contributed by atoms with Crippen LogP contribution in [0.3, 0.4) is 0 Å². The molecule has 2 aromatic rings. The number of halogens is 1. The lowest BCUT2D eigenvalue weighted by Gasteiger charge is -2.23. The monoisotopic (exact) mass is 382 g/mol. The summed E-state index contributed by atoms with van der Waals surface area (Å²) in [5.74, 6) is -1.47. The molecule has 1 amide bonds. The van der Waals surface area contributed by atoms with Gasteiger partial charge in [0.2, 0.25) is 11.8 Å². The fourth-order valence-corrected chi connectivity index (χ4v) is 3.40. The van der Waals surface area contributed by atoms with E-state index >= 15 is 0 Å². The summed E-state index contributed by atoms with van der Waals surface area (Å²) in [5.41, 5.74) is 0.776. The summed E-state index contributed by atoms with van der Waals surface area (Å²) >= 11 is 0. The Balaban J connectivity index is 2.17. The van der Waals surface area contributed by atoms with Gasteiger partial charge in [-0.3, -0.25) is 10.1 Å². The third-order valence-electron chi connectivity index (χ3n) is 4.11. The Morgan fingerprint density at radius 3 is 2.23 bits per heavy atom. The predicted octanol–water partition coefficient (Wildman–Crippen LogP) is 3.44. The number of benzene rings is 1. The number of aromatic nitrogens is 1. The highest BCUT2D eigenvalue weighted by Gasteiger charge is 2.42. The van der Waals surface area contributed by atoms with E-state index in [2.05, 4.69) is 10.5 Å². The van der Waals surface area contributed by atoms with Crippen molar-refractivity contribution in [3.63, 3.8) is 0 Å². The molecule has 0 saturated carbocycles. The first-order chi connectivity index (χ1) is 11.8. The molecule has 1 N–H and O–H groups in total. The Bertz CT molecular complexity index is 894. The smallest absolute Gasteiger partial charge is 0.247 e. The van der Waals surface area contributed by atoms with Gasteiger partial charge in [-0.1, -0.05) is 38.1 Å². The standard InChI is InChI=1S/C18H23FN2O4S/c1-17(2,3)14-10-15(25-21-14)20-16(22)18(4,5)26(23,24)11-12-6-8-13(19)9-7-12/h6-10H,11H2,1-5H3,(H,20,22). The van der Waals surface area contributed by atoms with Gasteiger partial charge in [0.1, 0.15) is 10.6 Å². The Hall–Kier alpha value is -2.22. The number of nitrogens with zero attached hydrogens (tertiary/aromatic N) is 1. The van der Waals surface area contributed by atoms with E-state index in [1.165, 1.54) is 38.1 Å². The molecule has 1 aromatic heterocycles. The summed E-state index contributed by atoms with van der Waals surface area (Å²) in [6.45, 7) is 8.46. The van der Waals surface area contributed by atoms with Crippen molar-refractivity contribution in [2.45, 2.75) is 50.5 Å². The van der Waals surface area contributed by atoms with E-state index < -0.39 is 26.3 Å². The van der Waals surface area contributed by atoms with Gasteiger partial charge in [0, 0.05) is 11.5 Å². The average molecular weight is 382 g/mol. The van der Waals surface area contributed by atoms with Gasteiger partial charge in [-0.15, -0.1) is 0 Å². The van der Waals surface area contributed by atoms with Crippen molar-refractivity contribution in [2.75, 3.05) is 5.32 Å². The van der Waals surface area contributed by atoms with Crippen LogP contribution in [0.25, 0.3) is 0 Å². The van der Waals surface area contributed by atoms with Gasteiger partial charge < -0.3 is 4.52 Å². The van der Waals surface area contributed by atoms with Gasteiger partial charge in [0.25, 0.3) is 0 Å². The van der Waals surface area contributed by atoms with Gasteiger partial charge in [-0.2, -0.15) is 0 Å². The molecule has 0 aliphatic rings. The molecule has 0 aliphatic heterocycles. The molecule has 0 bridgehead atoms. The second-order valence-corrected chi connectivity index (χ2v) is 10.2. The van der Waals surface area contributed by atoms with Gasteiger partial charge in [0.05, 0.1) is 11.4 Å². The quantitative estimate of drug-likeness (QED) is 0.856. The summed E-state index contributed by atoms with van der Waals surface area (Å²) in [7, 11) is -3.86. The lowest BCUT2D eigenvalue weighted by Crippen LogP contribution is -2.45. The lowest BCUT2D eigenvalue weighted by molar-refractivity contribution is -0.118. The molecule has 1 heterocycles. The fourth-order valence-electron chi connectivity index (χ4n) is 2.07. The highest BCUT2D eigenvalue weighted by atomic mass is 32.2. The van der Waals surface area contributed by atoms with Crippen LogP contribution in [0.5, 0.6) is 0 Å². The highest BCUT2D eigenvalue weighted by Crippen LogP contribution is 2.26. The lowest BCUT2D eigenvalue weighted by atomic mass is 9.92. The molecule has 26 heavy (non-hydrogen) atoms. The van der Waals surface area contributed by atoms with Crippen LogP contribution in [0, 0.1) is 5.82 Å². The van der Waals surface area contributed by atoms with Crippen molar-refractivity contribution in [2.24, 2.45) is 0 Å². The Kier molecular flexibility index (Phi) is 5.28. The second kappa shape index (κ2) is 6.83. The number of hydrogen-bond donors (Lipinski definition) is 1. The molecule has 0 aliphatic carbocycles. The predicted molar refractivity (Wildman–Crippen MR) is 96.9 cm³/mol. The topological polar surface area (TPSA) is 89.3 Å². The van der Waals surface area contributed by atoms with Crippen LogP contribution < -0.4 is 5.32 Å². The maximum absolute atomic E-state index is 13.0. The van der Waals surface area contributed by atoms with E-state index in [4.69, 9.17) is 4.52 Å². The van der Waals surface area contributed by atoms with Crippen molar-refractivity contribution in [1.82, 2.24) is 5.16 Å². The number of carbonyl (C=O) groups excluding carboxylic acids is 1. The number of amides is 1. The molecule has 1 aromatic carbocycles. The summed E-state index contributed by atoms with van der Waals surface area (Å²) < 4.78 is 41.8. The summed E-state index contributed by atoms with van der Waals surface area (Å²) in [4.78, 5) is 12.5. The first kappa shape index (κ1) is 20.1. The molecular weight excluding hydrogens is 359 g/mol. The first-order valence-electron chi connectivity index (χ1n) is 8.08. The maximum Gasteiger partial charge on any atom is 0.247 e. The zero-order valence-corrected chi connectivity index (χ0v) is 16.3. The van der Waals surface area contributed by atoms with E-state index in [0.717, 1.165) is 0 Å². The molecular formula is C18H23FN2O4S. The first-order valence-corrected chi connectivity index (χ1v) is 9.73. The zero-order valence-electron chi connectivity index (χ0n) is 15.5. The minimum atomic E-state index is -3.86. The minimum Gasteiger partial charge on any atom is -0.338 e. The fraction of sp³-hybridized carbons (Fsp3) is 0.444. The van der Waals surface area contributed by atoms with Crippen LogP contribution in [-0.4, -0.2) is 24.2 Å². The number of sulfone groups is 1. The number of rotatable bonds is 5. The number of nitrogens with one attached hydrogen (secondary N) is 1. The van der Waals surface area contributed by atoms with Crippen LogP contribution in [0.4, 0.5) is 10.3 Å². The van der Waals surface area contributed by atoms with Crippen LogP contribution in [-0.2, 0) is 25.8 Å². The second-order valence-electron chi connectivity index (χ2n) is 7.68. The van der Waals surface area contributed by atoms with Crippen molar-refractivity contribution in [3.05, 3.63) is 47.4 Å². The van der Waals surface area contributed by atoms with Crippen LogP contribution >= 0.6 is 0 Å². The van der Waals surface area contributed by atoms with Crippen LogP contribution in [0.1, 0.15) is 45.9 Å². The molecule has 2 rings (SSSR count). The van der Waals surface area contributed by atoms with Gasteiger partial charge >= 0.3 is 0 Å². The van der Waals surface area contributed by atoms with E-state index in [9.17, 15) is 17.6 Å². The van der Waals surface area contributed by atoms with Gasteiger partial charge in [-0.25, -0.2) is 12.8 Å². The minimum absolute atomic E-state index is 0.0879.